The predicted molar refractivity (Wildman–Crippen MR) is 129 cm³/mol. The molecule has 3 rings (SSSR count). The van der Waals surface area contributed by atoms with Crippen LogP contribution in [0.1, 0.15) is 24.7 Å². The molecule has 2 N–H and O–H groups in total. The van der Waals surface area contributed by atoms with Crippen LogP contribution in [0.5, 0.6) is 11.5 Å². The first-order chi connectivity index (χ1) is 14.2. The fourth-order valence-corrected chi connectivity index (χ4v) is 3.01. The average molecular weight is 524 g/mol. The molecule has 0 unspecified atom stereocenters. The van der Waals surface area contributed by atoms with E-state index in [1.165, 1.54) is 0 Å². The van der Waals surface area contributed by atoms with E-state index in [0.29, 0.717) is 18.0 Å². The van der Waals surface area contributed by atoms with Crippen LogP contribution in [0.4, 0.5) is 0 Å². The van der Waals surface area contributed by atoms with E-state index < -0.39 is 0 Å². The molecule has 0 saturated carbocycles. The summed E-state index contributed by atoms with van der Waals surface area (Å²) in [5.41, 5.74) is 1.93. The Morgan fingerprint density at radius 3 is 2.67 bits per heavy atom. The molecule has 0 amide bonds. The van der Waals surface area contributed by atoms with Gasteiger partial charge in [-0.3, -0.25) is 4.40 Å². The molecule has 0 radical (unpaired) electrons. The van der Waals surface area contributed by atoms with E-state index in [-0.39, 0.29) is 24.0 Å². The Hall–Kier alpha value is -2.56. The number of nitrogens with one attached hydrogen (secondary N) is 2. The van der Waals surface area contributed by atoms with Crippen LogP contribution in [-0.2, 0) is 13.0 Å². The third kappa shape index (κ3) is 6.22. The number of hydrogen-bond acceptors (Lipinski definition) is 5. The van der Waals surface area contributed by atoms with E-state index >= 15 is 0 Å². The molecule has 30 heavy (non-hydrogen) atoms. The minimum Gasteiger partial charge on any atom is -0.493 e. The van der Waals surface area contributed by atoms with Crippen molar-refractivity contribution < 1.29 is 9.47 Å². The first-order valence-corrected chi connectivity index (χ1v) is 9.77. The van der Waals surface area contributed by atoms with Crippen molar-refractivity contribution in [1.82, 2.24) is 25.2 Å². The summed E-state index contributed by atoms with van der Waals surface area (Å²) in [6.07, 6.45) is 3.76. The van der Waals surface area contributed by atoms with Gasteiger partial charge in [-0.15, -0.1) is 34.2 Å². The van der Waals surface area contributed by atoms with Gasteiger partial charge in [0.05, 0.1) is 20.8 Å². The Morgan fingerprint density at radius 1 is 1.07 bits per heavy atom. The predicted octanol–water partition coefficient (Wildman–Crippen LogP) is 3.05. The minimum absolute atomic E-state index is 0. The lowest BCUT2D eigenvalue weighted by molar-refractivity contribution is 0.354. The summed E-state index contributed by atoms with van der Waals surface area (Å²) in [4.78, 5) is 4.66. The van der Waals surface area contributed by atoms with E-state index in [1.807, 2.05) is 47.0 Å². The third-order valence-corrected chi connectivity index (χ3v) is 4.47. The average Bonchev–Trinajstić information content (AvgIpc) is 3.17. The molecule has 8 nitrogen and oxygen atoms in total. The number of fused-ring (bicyclic) bond motifs is 1. The van der Waals surface area contributed by atoms with Gasteiger partial charge in [0.25, 0.3) is 0 Å². The number of hydrogen-bond donors (Lipinski definition) is 2. The van der Waals surface area contributed by atoms with Gasteiger partial charge in [-0.25, -0.2) is 4.99 Å². The number of methoxy groups -OCH3 is 2. The molecular formula is C21H29IN6O2. The smallest absolute Gasteiger partial charge is 0.191 e. The number of benzene rings is 1. The Labute approximate surface area is 194 Å². The summed E-state index contributed by atoms with van der Waals surface area (Å²) in [6, 6.07) is 11.7. The highest BCUT2D eigenvalue weighted by atomic mass is 127. The first kappa shape index (κ1) is 23.7. The third-order valence-electron chi connectivity index (χ3n) is 4.47. The van der Waals surface area contributed by atoms with Gasteiger partial charge in [0.1, 0.15) is 5.82 Å². The second-order valence-corrected chi connectivity index (χ2v) is 6.46. The molecule has 1 aromatic carbocycles. The monoisotopic (exact) mass is 524 g/mol. The van der Waals surface area contributed by atoms with Crippen molar-refractivity contribution in [2.45, 2.75) is 26.3 Å². The summed E-state index contributed by atoms with van der Waals surface area (Å²) in [5, 5.41) is 15.1. The van der Waals surface area contributed by atoms with Crippen LogP contribution < -0.4 is 20.1 Å². The lowest BCUT2D eigenvalue weighted by Crippen LogP contribution is -2.37. The first-order valence-electron chi connectivity index (χ1n) is 9.77. The molecule has 3 aromatic rings. The summed E-state index contributed by atoms with van der Waals surface area (Å²) < 4.78 is 12.7. The van der Waals surface area contributed by atoms with Gasteiger partial charge in [-0.2, -0.15) is 0 Å². The summed E-state index contributed by atoms with van der Waals surface area (Å²) in [7, 11) is 3.26. The van der Waals surface area contributed by atoms with Crippen LogP contribution in [-0.4, -0.2) is 47.9 Å². The molecule has 2 heterocycles. The Balaban J connectivity index is 0.00000320. The number of rotatable bonds is 9. The molecule has 0 aliphatic rings. The summed E-state index contributed by atoms with van der Waals surface area (Å²) >= 11 is 0. The summed E-state index contributed by atoms with van der Waals surface area (Å²) in [6.45, 7) is 4.19. The zero-order chi connectivity index (χ0) is 20.5. The number of ether oxygens (including phenoxy) is 2. The standard InChI is InChI=1S/C21H28N6O2.HI/c1-4-22-21(24-15-16-10-11-17(28-2)18(14-16)29-3)23-12-7-9-20-26-25-19-8-5-6-13-27(19)20;/h5-6,8,10-11,13-14H,4,7,9,12,15H2,1-3H3,(H2,22,23,24);1H. The van der Waals surface area contributed by atoms with Crippen LogP contribution >= 0.6 is 24.0 Å². The van der Waals surface area contributed by atoms with E-state index in [9.17, 15) is 0 Å². The maximum Gasteiger partial charge on any atom is 0.191 e. The molecule has 0 atom stereocenters. The molecule has 0 fully saturated rings. The van der Waals surface area contributed by atoms with Crippen molar-refractivity contribution in [3.63, 3.8) is 0 Å². The molecular weight excluding hydrogens is 495 g/mol. The summed E-state index contributed by atoms with van der Waals surface area (Å²) in [5.74, 6) is 3.17. The van der Waals surface area contributed by atoms with Crippen LogP contribution in [0.3, 0.4) is 0 Å². The van der Waals surface area contributed by atoms with Gasteiger partial charge in [0.15, 0.2) is 23.1 Å². The highest BCUT2D eigenvalue weighted by molar-refractivity contribution is 14.0. The fraction of sp³-hybridized carbons (Fsp3) is 0.381. The van der Waals surface area contributed by atoms with Gasteiger partial charge in [0.2, 0.25) is 0 Å². The molecule has 9 heteroatoms. The van der Waals surface area contributed by atoms with Crippen molar-refractivity contribution >= 4 is 35.6 Å². The highest BCUT2D eigenvalue weighted by Gasteiger charge is 2.06. The number of nitrogens with zero attached hydrogens (tertiary/aromatic N) is 4. The number of halogens is 1. The van der Waals surface area contributed by atoms with E-state index in [4.69, 9.17) is 9.47 Å². The van der Waals surface area contributed by atoms with Crippen molar-refractivity contribution in [1.29, 1.82) is 0 Å². The van der Waals surface area contributed by atoms with Crippen LogP contribution in [0.25, 0.3) is 5.65 Å². The van der Waals surface area contributed by atoms with Crippen molar-refractivity contribution in [3.8, 4) is 11.5 Å². The minimum atomic E-state index is 0. The Kier molecular flexibility index (Phi) is 9.65. The Morgan fingerprint density at radius 2 is 1.90 bits per heavy atom. The van der Waals surface area contributed by atoms with Crippen molar-refractivity contribution in [2.24, 2.45) is 4.99 Å². The normalized spacial score (nSPS) is 11.1. The van der Waals surface area contributed by atoms with Crippen molar-refractivity contribution in [2.75, 3.05) is 27.3 Å². The Bertz CT molecular complexity index is 960. The zero-order valence-electron chi connectivity index (χ0n) is 17.6. The van der Waals surface area contributed by atoms with E-state index in [2.05, 4.69) is 32.7 Å². The van der Waals surface area contributed by atoms with Crippen molar-refractivity contribution in [3.05, 3.63) is 54.0 Å². The van der Waals surface area contributed by atoms with Crippen LogP contribution in [0.15, 0.2) is 47.6 Å². The molecule has 0 bridgehead atoms. The van der Waals surface area contributed by atoms with Gasteiger partial charge in [-0.05, 0) is 43.2 Å². The maximum atomic E-state index is 5.36. The lowest BCUT2D eigenvalue weighted by Gasteiger charge is -2.12. The molecule has 0 aliphatic carbocycles. The highest BCUT2D eigenvalue weighted by Crippen LogP contribution is 2.27. The lowest BCUT2D eigenvalue weighted by atomic mass is 10.2. The number of guanidine groups is 1. The van der Waals surface area contributed by atoms with Gasteiger partial charge in [-0.1, -0.05) is 12.1 Å². The number of pyridine rings is 1. The molecule has 0 aliphatic heterocycles. The maximum absolute atomic E-state index is 5.36. The second-order valence-electron chi connectivity index (χ2n) is 6.46. The van der Waals surface area contributed by atoms with Crippen LogP contribution in [0, 0.1) is 0 Å². The SMILES string of the molecule is CCNC(=NCc1ccc(OC)c(OC)c1)NCCCc1nnc2ccccn12.I. The molecule has 2 aromatic heterocycles. The topological polar surface area (TPSA) is 85.1 Å². The van der Waals surface area contributed by atoms with Gasteiger partial charge < -0.3 is 20.1 Å². The van der Waals surface area contributed by atoms with Gasteiger partial charge >= 0.3 is 0 Å². The second kappa shape index (κ2) is 12.2. The molecule has 162 valence electrons. The fourth-order valence-electron chi connectivity index (χ4n) is 3.01. The quantitative estimate of drug-likeness (QED) is 0.194. The number of aryl methyl sites for hydroxylation is 1. The zero-order valence-corrected chi connectivity index (χ0v) is 19.9. The largest absolute Gasteiger partial charge is 0.493 e. The van der Waals surface area contributed by atoms with E-state index in [0.717, 1.165) is 48.9 Å². The van der Waals surface area contributed by atoms with E-state index in [1.54, 1.807) is 14.2 Å². The number of aromatic nitrogens is 3. The van der Waals surface area contributed by atoms with Gasteiger partial charge in [0, 0.05) is 25.7 Å². The molecule has 0 spiro atoms. The number of aliphatic imine (C=N–C) groups is 1. The van der Waals surface area contributed by atoms with Crippen LogP contribution in [0.2, 0.25) is 0 Å². The molecule has 0 saturated heterocycles.